The van der Waals surface area contributed by atoms with Crippen LogP contribution in [-0.2, 0) is 11.2 Å². The van der Waals surface area contributed by atoms with Crippen molar-refractivity contribution in [2.24, 2.45) is 5.92 Å². The molecule has 4 nitrogen and oxygen atoms in total. The fraction of sp³-hybridized carbons (Fsp3) is 0.450. The maximum atomic E-state index is 11.4. The molecule has 0 spiro atoms. The van der Waals surface area contributed by atoms with Crippen molar-refractivity contribution in [3.63, 3.8) is 0 Å². The van der Waals surface area contributed by atoms with Crippen LogP contribution in [0.15, 0.2) is 35.9 Å². The van der Waals surface area contributed by atoms with Crippen molar-refractivity contribution >= 4 is 6.29 Å². The van der Waals surface area contributed by atoms with Crippen LogP contribution in [0.4, 0.5) is 0 Å². The molecule has 1 aliphatic carbocycles. The topological polar surface area (TPSA) is 44.8 Å². The molecule has 130 valence electrons. The number of allylic oxidation sites excluding steroid dienone is 3. The minimum absolute atomic E-state index is 0.0822. The fourth-order valence-electron chi connectivity index (χ4n) is 3.08. The highest BCUT2D eigenvalue weighted by Gasteiger charge is 2.21. The van der Waals surface area contributed by atoms with E-state index in [0.29, 0.717) is 29.4 Å². The Labute approximate surface area is 144 Å². The van der Waals surface area contributed by atoms with Crippen LogP contribution >= 0.6 is 0 Å². The third-order valence-corrected chi connectivity index (χ3v) is 4.54. The van der Waals surface area contributed by atoms with Crippen LogP contribution in [0.25, 0.3) is 0 Å². The van der Waals surface area contributed by atoms with E-state index in [1.54, 1.807) is 26.4 Å². The average Bonchev–Trinajstić information content (AvgIpc) is 2.60. The molecule has 24 heavy (non-hydrogen) atoms. The third kappa shape index (κ3) is 4.26. The number of aldehydes is 1. The maximum absolute atomic E-state index is 11.4. The van der Waals surface area contributed by atoms with Crippen molar-refractivity contribution < 1.29 is 19.0 Å². The van der Waals surface area contributed by atoms with E-state index >= 15 is 0 Å². The van der Waals surface area contributed by atoms with Gasteiger partial charge in [-0.2, -0.15) is 0 Å². The van der Waals surface area contributed by atoms with Crippen LogP contribution in [0, 0.1) is 5.92 Å². The van der Waals surface area contributed by atoms with Crippen molar-refractivity contribution in [1.82, 2.24) is 0 Å². The van der Waals surface area contributed by atoms with Gasteiger partial charge in [0.2, 0.25) is 0 Å². The van der Waals surface area contributed by atoms with E-state index in [4.69, 9.17) is 14.2 Å². The highest BCUT2D eigenvalue weighted by atomic mass is 16.7. The molecule has 0 saturated carbocycles. The van der Waals surface area contributed by atoms with Crippen LogP contribution in [-0.4, -0.2) is 27.3 Å². The van der Waals surface area contributed by atoms with E-state index in [1.165, 1.54) is 5.57 Å². The van der Waals surface area contributed by atoms with Gasteiger partial charge in [-0.25, -0.2) is 0 Å². The molecule has 0 bridgehead atoms. The van der Waals surface area contributed by atoms with Gasteiger partial charge in [0, 0.05) is 19.1 Å². The highest BCUT2D eigenvalue weighted by molar-refractivity contribution is 5.81. The Morgan fingerprint density at radius 2 is 2.17 bits per heavy atom. The summed E-state index contributed by atoms with van der Waals surface area (Å²) in [5.74, 6) is 1.68. The van der Waals surface area contributed by atoms with Gasteiger partial charge in [-0.05, 0) is 44.2 Å². The summed E-state index contributed by atoms with van der Waals surface area (Å²) in [5.41, 5.74) is 3.94. The van der Waals surface area contributed by atoms with Crippen molar-refractivity contribution in [3.8, 4) is 11.5 Å². The van der Waals surface area contributed by atoms with Gasteiger partial charge in [0.15, 0.2) is 13.1 Å². The quantitative estimate of drug-likeness (QED) is 0.404. The zero-order valence-electron chi connectivity index (χ0n) is 14.8. The van der Waals surface area contributed by atoms with Crippen LogP contribution in [0.3, 0.4) is 0 Å². The second-order valence-corrected chi connectivity index (χ2v) is 6.19. The minimum Gasteiger partial charge on any atom is -0.496 e. The number of carbonyl (C=O) groups is 1. The van der Waals surface area contributed by atoms with Gasteiger partial charge in [-0.1, -0.05) is 23.8 Å². The van der Waals surface area contributed by atoms with Crippen molar-refractivity contribution in [3.05, 3.63) is 47.1 Å². The highest BCUT2D eigenvalue weighted by Crippen LogP contribution is 2.37. The van der Waals surface area contributed by atoms with Crippen molar-refractivity contribution in [2.45, 2.75) is 32.6 Å². The Bertz CT molecular complexity index is 631. The largest absolute Gasteiger partial charge is 0.496 e. The molecule has 0 N–H and O–H groups in total. The molecule has 1 atom stereocenters. The van der Waals surface area contributed by atoms with E-state index in [-0.39, 0.29) is 6.79 Å². The molecular weight excluding hydrogens is 304 g/mol. The first-order valence-electron chi connectivity index (χ1n) is 8.20. The summed E-state index contributed by atoms with van der Waals surface area (Å²) in [6.45, 7) is 6.55. The third-order valence-electron chi connectivity index (χ3n) is 4.54. The number of ether oxygens (including phenoxy) is 3. The molecule has 0 unspecified atom stereocenters. The second-order valence-electron chi connectivity index (χ2n) is 6.19. The monoisotopic (exact) mass is 330 g/mol. The molecule has 0 amide bonds. The molecule has 0 heterocycles. The molecule has 0 aliphatic heterocycles. The van der Waals surface area contributed by atoms with Gasteiger partial charge < -0.3 is 14.2 Å². The number of methoxy groups -OCH3 is 2. The Balaban J connectivity index is 2.29. The molecule has 1 aromatic rings. The van der Waals surface area contributed by atoms with Crippen molar-refractivity contribution in [2.75, 3.05) is 21.0 Å². The number of hydrogen-bond donors (Lipinski definition) is 0. The normalized spacial score (nSPS) is 17.1. The van der Waals surface area contributed by atoms with Gasteiger partial charge in [0.1, 0.15) is 11.5 Å². The first kappa shape index (κ1) is 18.3. The molecule has 1 aliphatic rings. The summed E-state index contributed by atoms with van der Waals surface area (Å²) >= 11 is 0. The van der Waals surface area contributed by atoms with Crippen molar-refractivity contribution in [1.29, 1.82) is 0 Å². The van der Waals surface area contributed by atoms with E-state index in [1.807, 2.05) is 0 Å². The number of hydrogen-bond acceptors (Lipinski definition) is 4. The Morgan fingerprint density at radius 1 is 1.38 bits per heavy atom. The summed E-state index contributed by atoms with van der Waals surface area (Å²) in [6, 6.07) is 3.51. The first-order valence-corrected chi connectivity index (χ1v) is 8.20. The van der Waals surface area contributed by atoms with E-state index in [0.717, 1.165) is 36.7 Å². The summed E-state index contributed by atoms with van der Waals surface area (Å²) in [7, 11) is 3.17. The second kappa shape index (κ2) is 8.69. The van der Waals surface area contributed by atoms with E-state index in [2.05, 4.69) is 19.6 Å². The Morgan fingerprint density at radius 3 is 2.75 bits per heavy atom. The summed E-state index contributed by atoms with van der Waals surface area (Å²) < 4.78 is 16.1. The minimum atomic E-state index is 0.0822. The van der Waals surface area contributed by atoms with Gasteiger partial charge in [-0.15, -0.1) is 0 Å². The standard InChI is InChI=1S/C20H26O4/c1-14-5-7-16(8-6-14)15(2)11-18-19(23-4)10-9-17(12-21)20(18)24-13-22-3/h5,9-10,12,16H,2,6-8,11,13H2,1,3-4H3/t16-/m1/s1. The predicted molar refractivity (Wildman–Crippen MR) is 94.8 cm³/mol. The lowest BCUT2D eigenvalue weighted by Gasteiger charge is -2.24. The van der Waals surface area contributed by atoms with Crippen LogP contribution in [0.5, 0.6) is 11.5 Å². The number of rotatable bonds is 8. The SMILES string of the molecule is C=C(Cc1c(OC)ccc(C=O)c1OCOC)[C@@H]1CC=C(C)CC1. The number of carbonyl (C=O) groups excluding carboxylic acids is 1. The van der Waals surface area contributed by atoms with Crippen LogP contribution in [0.2, 0.25) is 0 Å². The zero-order chi connectivity index (χ0) is 17.5. The maximum Gasteiger partial charge on any atom is 0.188 e. The average molecular weight is 330 g/mol. The molecule has 0 aromatic heterocycles. The van der Waals surface area contributed by atoms with Gasteiger partial charge in [0.05, 0.1) is 12.7 Å². The lowest BCUT2D eigenvalue weighted by molar-refractivity contribution is 0.0497. The summed E-state index contributed by atoms with van der Waals surface area (Å²) in [4.78, 5) is 11.4. The molecule has 4 heteroatoms. The van der Waals surface area contributed by atoms with Crippen LogP contribution < -0.4 is 9.47 Å². The molecule has 2 rings (SSSR count). The Hall–Kier alpha value is -2.07. The van der Waals surface area contributed by atoms with Gasteiger partial charge in [0.25, 0.3) is 0 Å². The summed E-state index contributed by atoms with van der Waals surface area (Å²) in [6.07, 6.45) is 6.97. The van der Waals surface area contributed by atoms with E-state index in [9.17, 15) is 4.79 Å². The smallest absolute Gasteiger partial charge is 0.188 e. The first-order chi connectivity index (χ1) is 11.6. The molecule has 0 radical (unpaired) electrons. The molecular formula is C20H26O4. The fourth-order valence-corrected chi connectivity index (χ4v) is 3.08. The predicted octanol–water partition coefficient (Wildman–Crippen LogP) is 4.34. The Kier molecular flexibility index (Phi) is 6.62. The lowest BCUT2D eigenvalue weighted by atomic mass is 9.82. The lowest BCUT2D eigenvalue weighted by Crippen LogP contribution is -2.12. The van der Waals surface area contributed by atoms with Gasteiger partial charge in [-0.3, -0.25) is 4.79 Å². The zero-order valence-corrected chi connectivity index (χ0v) is 14.8. The molecule has 0 fully saturated rings. The molecule has 1 aromatic carbocycles. The number of benzene rings is 1. The summed E-state index contributed by atoms with van der Waals surface area (Å²) in [5, 5.41) is 0. The van der Waals surface area contributed by atoms with E-state index < -0.39 is 0 Å². The van der Waals surface area contributed by atoms with Gasteiger partial charge >= 0.3 is 0 Å². The molecule has 0 saturated heterocycles. The van der Waals surface area contributed by atoms with Crippen LogP contribution in [0.1, 0.15) is 42.1 Å².